The van der Waals surface area contributed by atoms with E-state index < -0.39 is 15.8 Å². The lowest BCUT2D eigenvalue weighted by atomic mass is 10.1. The van der Waals surface area contributed by atoms with Gasteiger partial charge in [0.25, 0.3) is 15.9 Å². The molecule has 1 aromatic heterocycles. The van der Waals surface area contributed by atoms with Crippen LogP contribution >= 0.6 is 11.3 Å². The van der Waals surface area contributed by atoms with Crippen molar-refractivity contribution in [2.45, 2.75) is 31.2 Å². The van der Waals surface area contributed by atoms with E-state index in [-0.39, 0.29) is 16.3 Å². The van der Waals surface area contributed by atoms with Gasteiger partial charge in [-0.25, -0.2) is 12.8 Å². The maximum atomic E-state index is 13.1. The van der Waals surface area contributed by atoms with Crippen molar-refractivity contribution in [3.63, 3.8) is 0 Å². The van der Waals surface area contributed by atoms with Crippen LogP contribution in [0.3, 0.4) is 0 Å². The highest BCUT2D eigenvalue weighted by atomic mass is 32.2. The molecule has 0 saturated heterocycles. The van der Waals surface area contributed by atoms with Crippen molar-refractivity contribution in [2.75, 3.05) is 11.4 Å². The van der Waals surface area contributed by atoms with Gasteiger partial charge in [0.05, 0.1) is 15.5 Å². The van der Waals surface area contributed by atoms with Gasteiger partial charge in [0.2, 0.25) is 0 Å². The van der Waals surface area contributed by atoms with Crippen LogP contribution in [-0.4, -0.2) is 26.9 Å². The number of nitrogens with one attached hydrogen (secondary N) is 1. The molecule has 5 nitrogen and oxygen atoms in total. The van der Waals surface area contributed by atoms with E-state index >= 15 is 0 Å². The van der Waals surface area contributed by atoms with Gasteiger partial charge in [-0.05, 0) is 74.7 Å². The molecule has 0 aliphatic carbocycles. The lowest BCUT2D eigenvalue weighted by molar-refractivity contribution is 0.0924. The van der Waals surface area contributed by atoms with E-state index in [2.05, 4.69) is 5.32 Å². The Labute approximate surface area is 167 Å². The summed E-state index contributed by atoms with van der Waals surface area (Å²) in [5, 5.41) is 3.70. The molecule has 0 spiro atoms. The summed E-state index contributed by atoms with van der Waals surface area (Å²) < 4.78 is 40.7. The number of nitrogens with zero attached hydrogens (tertiary/aromatic N) is 1. The Bertz CT molecular complexity index is 1130. The molecule has 0 saturated carbocycles. The summed E-state index contributed by atoms with van der Waals surface area (Å²) in [6, 6.07) is 11.7. The lowest BCUT2D eigenvalue weighted by Gasteiger charge is -2.19. The second kappa shape index (κ2) is 7.18. The van der Waals surface area contributed by atoms with Crippen molar-refractivity contribution < 1.29 is 17.6 Å². The second-order valence-corrected chi connectivity index (χ2v) is 10.5. The number of thiophene rings is 1. The molecule has 1 N–H and O–H groups in total. The summed E-state index contributed by atoms with van der Waals surface area (Å²) in [5.41, 5.74) is 0.111. The zero-order valence-electron chi connectivity index (χ0n) is 16.0. The zero-order chi connectivity index (χ0) is 20.7. The first kappa shape index (κ1) is 20.3. The summed E-state index contributed by atoms with van der Waals surface area (Å²) in [6.45, 7) is 5.72. The largest absolute Gasteiger partial charge is 0.347 e. The maximum absolute atomic E-state index is 13.1. The van der Waals surface area contributed by atoms with Crippen LogP contribution in [0.2, 0.25) is 0 Å². The van der Waals surface area contributed by atoms with E-state index in [1.54, 1.807) is 24.3 Å². The number of rotatable bonds is 4. The van der Waals surface area contributed by atoms with Gasteiger partial charge in [-0.1, -0.05) is 0 Å². The number of amides is 1. The molecular formula is C20H21FN2O3S2. The number of anilines is 1. The predicted molar refractivity (Wildman–Crippen MR) is 111 cm³/mol. The molecule has 3 rings (SSSR count). The number of carbonyl (C=O) groups excluding carboxylic acids is 1. The first-order chi connectivity index (χ1) is 13.0. The minimum absolute atomic E-state index is 0.00654. The lowest BCUT2D eigenvalue weighted by Crippen LogP contribution is -2.40. The number of carbonyl (C=O) groups is 1. The summed E-state index contributed by atoms with van der Waals surface area (Å²) >= 11 is 1.35. The van der Waals surface area contributed by atoms with Gasteiger partial charge in [-0.2, -0.15) is 0 Å². The highest BCUT2D eigenvalue weighted by molar-refractivity contribution is 7.92. The third kappa shape index (κ3) is 4.18. The van der Waals surface area contributed by atoms with E-state index in [1.165, 1.54) is 30.5 Å². The standard InChI is InChI=1S/C20H21FN2O3S2/c1-20(2,3)22-19(24)18-12-13-11-15(7-10-17(13)27-18)23(4)28(25,26)16-8-5-14(21)6-9-16/h5-12H,1-4H3,(H,22,24). The molecule has 0 bridgehead atoms. The molecule has 0 radical (unpaired) electrons. The quantitative estimate of drug-likeness (QED) is 0.681. The van der Waals surface area contributed by atoms with Gasteiger partial charge in [0, 0.05) is 17.3 Å². The minimum atomic E-state index is -3.82. The van der Waals surface area contributed by atoms with Gasteiger partial charge in [0.15, 0.2) is 0 Å². The van der Waals surface area contributed by atoms with E-state index in [9.17, 15) is 17.6 Å². The Kier molecular flexibility index (Phi) is 5.20. The third-order valence-electron chi connectivity index (χ3n) is 4.05. The fourth-order valence-electron chi connectivity index (χ4n) is 2.64. The normalized spacial score (nSPS) is 12.2. The number of fused-ring (bicyclic) bond motifs is 1. The van der Waals surface area contributed by atoms with Crippen molar-refractivity contribution in [1.29, 1.82) is 0 Å². The second-order valence-electron chi connectivity index (χ2n) is 7.46. The molecule has 1 amide bonds. The molecule has 148 valence electrons. The van der Waals surface area contributed by atoms with Crippen molar-refractivity contribution in [1.82, 2.24) is 5.32 Å². The minimum Gasteiger partial charge on any atom is -0.347 e. The summed E-state index contributed by atoms with van der Waals surface area (Å²) in [7, 11) is -2.38. The van der Waals surface area contributed by atoms with Crippen LogP contribution in [0, 0.1) is 5.82 Å². The van der Waals surface area contributed by atoms with E-state index in [0.717, 1.165) is 26.5 Å². The highest BCUT2D eigenvalue weighted by Crippen LogP contribution is 2.31. The molecule has 2 aromatic carbocycles. The Hall–Kier alpha value is -2.45. The predicted octanol–water partition coefficient (Wildman–Crippen LogP) is 4.39. The molecule has 8 heteroatoms. The average Bonchev–Trinajstić information content (AvgIpc) is 3.03. The SMILES string of the molecule is CN(c1ccc2sc(C(=O)NC(C)(C)C)cc2c1)S(=O)(=O)c1ccc(F)cc1. The number of benzene rings is 2. The van der Waals surface area contributed by atoms with Gasteiger partial charge >= 0.3 is 0 Å². The highest BCUT2D eigenvalue weighted by Gasteiger charge is 2.22. The van der Waals surface area contributed by atoms with Crippen molar-refractivity contribution >= 4 is 43.0 Å². The van der Waals surface area contributed by atoms with Gasteiger partial charge < -0.3 is 5.32 Å². The van der Waals surface area contributed by atoms with E-state index in [1.807, 2.05) is 20.8 Å². The number of sulfonamides is 1. The van der Waals surface area contributed by atoms with Crippen LogP contribution in [0.15, 0.2) is 53.4 Å². The van der Waals surface area contributed by atoms with Crippen LogP contribution in [0.25, 0.3) is 10.1 Å². The fourth-order valence-corrected chi connectivity index (χ4v) is 4.77. The third-order valence-corrected chi connectivity index (χ3v) is 6.96. The molecular weight excluding hydrogens is 399 g/mol. The van der Waals surface area contributed by atoms with Crippen LogP contribution < -0.4 is 9.62 Å². The van der Waals surface area contributed by atoms with Gasteiger partial charge in [-0.3, -0.25) is 9.10 Å². The topological polar surface area (TPSA) is 66.5 Å². The monoisotopic (exact) mass is 420 g/mol. The number of hydrogen-bond acceptors (Lipinski definition) is 4. The Balaban J connectivity index is 1.93. The summed E-state index contributed by atoms with van der Waals surface area (Å²) in [4.78, 5) is 13.0. The Morgan fingerprint density at radius 1 is 1.07 bits per heavy atom. The fraction of sp³-hybridized carbons (Fsp3) is 0.250. The van der Waals surface area contributed by atoms with Crippen LogP contribution in [0.5, 0.6) is 0 Å². The first-order valence-electron chi connectivity index (χ1n) is 8.58. The van der Waals surface area contributed by atoms with Crippen LogP contribution in [0.4, 0.5) is 10.1 Å². The molecule has 0 aliphatic heterocycles. The van der Waals surface area contributed by atoms with Gasteiger partial charge in [-0.15, -0.1) is 11.3 Å². The molecule has 3 aromatic rings. The zero-order valence-corrected chi connectivity index (χ0v) is 17.6. The molecule has 0 fully saturated rings. The van der Waals surface area contributed by atoms with Crippen LogP contribution in [0.1, 0.15) is 30.4 Å². The summed E-state index contributed by atoms with van der Waals surface area (Å²) in [5.74, 6) is -0.662. The van der Waals surface area contributed by atoms with E-state index in [0.29, 0.717) is 10.6 Å². The Morgan fingerprint density at radius 3 is 2.32 bits per heavy atom. The average molecular weight is 421 g/mol. The van der Waals surface area contributed by atoms with Crippen molar-refractivity contribution in [3.8, 4) is 0 Å². The smallest absolute Gasteiger partial charge is 0.264 e. The molecule has 0 aliphatic rings. The van der Waals surface area contributed by atoms with E-state index in [4.69, 9.17) is 0 Å². The number of hydrogen-bond donors (Lipinski definition) is 1. The Morgan fingerprint density at radius 2 is 1.71 bits per heavy atom. The molecule has 1 heterocycles. The molecule has 0 unspecified atom stereocenters. The van der Waals surface area contributed by atoms with Crippen molar-refractivity contribution in [2.24, 2.45) is 0 Å². The maximum Gasteiger partial charge on any atom is 0.264 e. The molecule has 28 heavy (non-hydrogen) atoms. The van der Waals surface area contributed by atoms with Crippen molar-refractivity contribution in [3.05, 3.63) is 59.2 Å². The molecule has 0 atom stereocenters. The van der Waals surface area contributed by atoms with Crippen LogP contribution in [-0.2, 0) is 10.0 Å². The number of halogens is 1. The summed E-state index contributed by atoms with van der Waals surface area (Å²) in [6.07, 6.45) is 0. The van der Waals surface area contributed by atoms with Gasteiger partial charge in [0.1, 0.15) is 5.82 Å². The first-order valence-corrected chi connectivity index (χ1v) is 10.8.